The van der Waals surface area contributed by atoms with Gasteiger partial charge in [0.05, 0.1) is 8.07 Å². The van der Waals surface area contributed by atoms with Crippen LogP contribution in [-0.2, 0) is 4.79 Å². The Kier molecular flexibility index (Phi) is 5.75. The molecule has 130 valence electrons. The summed E-state index contributed by atoms with van der Waals surface area (Å²) in [5.41, 5.74) is 2.12. The van der Waals surface area contributed by atoms with Gasteiger partial charge in [-0.2, -0.15) is 0 Å². The number of hydrogen-bond donors (Lipinski definition) is 0. The first kappa shape index (κ1) is 17.7. The average Bonchev–Trinajstić information content (AvgIpc) is 2.61. The molecule has 0 saturated heterocycles. The summed E-state index contributed by atoms with van der Waals surface area (Å²) in [7, 11) is -1.59. The molecule has 2 fully saturated rings. The Balaban J connectivity index is 1.92. The molecule has 0 N–H and O–H groups in total. The number of carbonyl (C=O) groups is 1. The van der Waals surface area contributed by atoms with Crippen molar-refractivity contribution in [1.29, 1.82) is 0 Å². The zero-order chi connectivity index (χ0) is 17.0. The van der Waals surface area contributed by atoms with Crippen LogP contribution in [0.1, 0.15) is 57.8 Å². The smallest absolute Gasteiger partial charge is 0.136 e. The number of Topliss-reactive ketones (excluding diaryl/α,β-unsaturated/α-hetero) is 1. The first-order chi connectivity index (χ1) is 11.6. The molecule has 1 aromatic rings. The molecule has 0 aliphatic heterocycles. The summed E-state index contributed by atoms with van der Waals surface area (Å²) in [5.74, 6) is 1.28. The van der Waals surface area contributed by atoms with E-state index in [1.54, 1.807) is 5.19 Å². The van der Waals surface area contributed by atoms with Crippen molar-refractivity contribution in [3.8, 4) is 0 Å². The molecule has 0 bridgehead atoms. The molecule has 24 heavy (non-hydrogen) atoms. The molecular formula is C22H32OSi. The maximum Gasteiger partial charge on any atom is 0.136 e. The fourth-order valence-corrected chi connectivity index (χ4v) is 8.43. The molecule has 0 spiro atoms. The molecule has 1 aromatic carbocycles. The normalized spacial score (nSPS) is 23.4. The summed E-state index contributed by atoms with van der Waals surface area (Å²) in [6.07, 6.45) is 13.3. The first-order valence-corrected chi connectivity index (χ1v) is 12.9. The molecule has 2 heteroatoms. The molecule has 1 atom stereocenters. The van der Waals surface area contributed by atoms with Gasteiger partial charge in [0.15, 0.2) is 0 Å². The maximum absolute atomic E-state index is 11.9. The SMILES string of the molecule is C[Si](C)(c1ccccc1)[C@H](/C=C1/CCCC(=O)C1)C1CCCCC1. The summed E-state index contributed by atoms with van der Waals surface area (Å²) in [4.78, 5) is 11.9. The van der Waals surface area contributed by atoms with Gasteiger partial charge in [-0.1, -0.05) is 92.4 Å². The van der Waals surface area contributed by atoms with Crippen molar-refractivity contribution in [2.24, 2.45) is 5.92 Å². The summed E-state index contributed by atoms with van der Waals surface area (Å²) in [6, 6.07) is 11.2. The van der Waals surface area contributed by atoms with Crippen LogP contribution in [0, 0.1) is 5.92 Å². The first-order valence-electron chi connectivity index (χ1n) is 9.84. The van der Waals surface area contributed by atoms with Crippen LogP contribution in [-0.4, -0.2) is 13.9 Å². The highest BCUT2D eigenvalue weighted by atomic mass is 28.3. The standard InChI is InChI=1S/C22H32OSi/c1-24(2,21-14-7-4-8-15-21)22(19-11-5-3-6-12-19)17-18-10-9-13-20(23)16-18/h4,7-8,14-15,17,19,22H,3,5-6,9-13,16H2,1-2H3/b18-17-/t22-/m1/s1. The van der Waals surface area contributed by atoms with E-state index in [1.165, 1.54) is 37.7 Å². The Hall–Kier alpha value is -1.15. The fourth-order valence-electron chi connectivity index (χ4n) is 4.83. The lowest BCUT2D eigenvalue weighted by atomic mass is 9.84. The van der Waals surface area contributed by atoms with Gasteiger partial charge in [0.1, 0.15) is 5.78 Å². The van der Waals surface area contributed by atoms with Crippen molar-refractivity contribution >= 4 is 19.0 Å². The van der Waals surface area contributed by atoms with Gasteiger partial charge < -0.3 is 0 Å². The van der Waals surface area contributed by atoms with Crippen LogP contribution in [0.4, 0.5) is 0 Å². The minimum absolute atomic E-state index is 0.453. The Bertz CT molecular complexity index is 581. The molecule has 0 unspecified atom stereocenters. The van der Waals surface area contributed by atoms with E-state index in [0.717, 1.165) is 31.6 Å². The second-order valence-electron chi connectivity index (χ2n) is 8.41. The van der Waals surface area contributed by atoms with Crippen LogP contribution in [0.5, 0.6) is 0 Å². The van der Waals surface area contributed by atoms with Gasteiger partial charge >= 0.3 is 0 Å². The minimum Gasteiger partial charge on any atom is -0.299 e. The number of carbonyl (C=O) groups excluding carboxylic acids is 1. The third-order valence-corrected chi connectivity index (χ3v) is 10.4. The van der Waals surface area contributed by atoms with Crippen LogP contribution < -0.4 is 5.19 Å². The highest BCUT2D eigenvalue weighted by Crippen LogP contribution is 2.42. The van der Waals surface area contributed by atoms with Gasteiger partial charge in [-0.3, -0.25) is 4.79 Å². The van der Waals surface area contributed by atoms with Crippen molar-refractivity contribution in [3.05, 3.63) is 42.0 Å². The quantitative estimate of drug-likeness (QED) is 0.513. The molecule has 0 radical (unpaired) electrons. The van der Waals surface area contributed by atoms with Crippen LogP contribution in [0.25, 0.3) is 0 Å². The number of benzene rings is 1. The van der Waals surface area contributed by atoms with E-state index in [2.05, 4.69) is 49.5 Å². The maximum atomic E-state index is 11.9. The van der Waals surface area contributed by atoms with Crippen LogP contribution in [0.2, 0.25) is 18.6 Å². The number of ketones is 1. The molecular weight excluding hydrogens is 308 g/mol. The topological polar surface area (TPSA) is 17.1 Å². The Morgan fingerprint density at radius 3 is 2.38 bits per heavy atom. The predicted octanol–water partition coefficient (Wildman–Crippen LogP) is 5.62. The predicted molar refractivity (Wildman–Crippen MR) is 105 cm³/mol. The average molecular weight is 341 g/mol. The molecule has 0 amide bonds. The molecule has 0 aromatic heterocycles. The Morgan fingerprint density at radius 2 is 1.71 bits per heavy atom. The molecule has 1 nitrogen and oxygen atoms in total. The lowest BCUT2D eigenvalue weighted by Crippen LogP contribution is -2.48. The third kappa shape index (κ3) is 4.08. The van der Waals surface area contributed by atoms with E-state index in [-0.39, 0.29) is 0 Å². The fraction of sp³-hybridized carbons (Fsp3) is 0.591. The summed E-state index contributed by atoms with van der Waals surface area (Å²) in [5, 5.41) is 1.57. The van der Waals surface area contributed by atoms with Crippen molar-refractivity contribution < 1.29 is 4.79 Å². The van der Waals surface area contributed by atoms with Crippen molar-refractivity contribution in [2.45, 2.75) is 76.4 Å². The summed E-state index contributed by atoms with van der Waals surface area (Å²) < 4.78 is 0. The van der Waals surface area contributed by atoms with Gasteiger partial charge in [0.25, 0.3) is 0 Å². The van der Waals surface area contributed by atoms with Gasteiger partial charge in [0.2, 0.25) is 0 Å². The third-order valence-electron chi connectivity index (χ3n) is 6.30. The molecule has 2 aliphatic rings. The lowest BCUT2D eigenvalue weighted by molar-refractivity contribution is -0.119. The van der Waals surface area contributed by atoms with Gasteiger partial charge in [-0.15, -0.1) is 0 Å². The highest BCUT2D eigenvalue weighted by Gasteiger charge is 2.38. The largest absolute Gasteiger partial charge is 0.299 e. The number of hydrogen-bond acceptors (Lipinski definition) is 1. The van der Waals surface area contributed by atoms with E-state index < -0.39 is 8.07 Å². The van der Waals surface area contributed by atoms with E-state index in [9.17, 15) is 4.79 Å². The minimum atomic E-state index is -1.59. The van der Waals surface area contributed by atoms with Gasteiger partial charge in [-0.05, 0) is 24.3 Å². The number of rotatable bonds is 4. The summed E-state index contributed by atoms with van der Waals surface area (Å²) >= 11 is 0. The van der Waals surface area contributed by atoms with Crippen molar-refractivity contribution in [2.75, 3.05) is 0 Å². The number of allylic oxidation sites excluding steroid dienone is 2. The second-order valence-corrected chi connectivity index (χ2v) is 13.1. The molecule has 0 heterocycles. The monoisotopic (exact) mass is 340 g/mol. The van der Waals surface area contributed by atoms with Crippen LogP contribution >= 0.6 is 0 Å². The zero-order valence-corrected chi connectivity index (χ0v) is 16.4. The van der Waals surface area contributed by atoms with Crippen LogP contribution in [0.3, 0.4) is 0 Å². The van der Waals surface area contributed by atoms with Gasteiger partial charge in [-0.25, -0.2) is 0 Å². The van der Waals surface area contributed by atoms with Crippen molar-refractivity contribution in [1.82, 2.24) is 0 Å². The van der Waals surface area contributed by atoms with Crippen LogP contribution in [0.15, 0.2) is 42.0 Å². The van der Waals surface area contributed by atoms with E-state index >= 15 is 0 Å². The van der Waals surface area contributed by atoms with Crippen molar-refractivity contribution in [3.63, 3.8) is 0 Å². The molecule has 2 saturated carbocycles. The Morgan fingerprint density at radius 1 is 1.00 bits per heavy atom. The molecule has 3 rings (SSSR count). The molecule has 2 aliphatic carbocycles. The highest BCUT2D eigenvalue weighted by molar-refractivity contribution is 6.91. The zero-order valence-electron chi connectivity index (χ0n) is 15.4. The summed E-state index contributed by atoms with van der Waals surface area (Å²) in [6.45, 7) is 5.09. The second kappa shape index (κ2) is 7.82. The van der Waals surface area contributed by atoms with E-state index in [1.807, 2.05) is 0 Å². The van der Waals surface area contributed by atoms with E-state index in [4.69, 9.17) is 0 Å². The Labute approximate surface area is 148 Å². The van der Waals surface area contributed by atoms with Gasteiger partial charge in [0, 0.05) is 12.8 Å². The van der Waals surface area contributed by atoms with E-state index in [0.29, 0.717) is 11.3 Å². The lowest BCUT2D eigenvalue weighted by Gasteiger charge is -2.39.